The number of methoxy groups -OCH3 is 1. The number of amides is 1. The van der Waals surface area contributed by atoms with E-state index in [9.17, 15) is 18.0 Å². The van der Waals surface area contributed by atoms with Crippen LogP contribution in [0.1, 0.15) is 31.2 Å². The van der Waals surface area contributed by atoms with Gasteiger partial charge in [0.05, 0.1) is 7.11 Å². The number of ether oxygens (including phenoxy) is 1. The number of nitrogens with zero attached hydrogens (tertiary/aromatic N) is 1. The molecule has 1 saturated heterocycles. The van der Waals surface area contributed by atoms with Crippen molar-refractivity contribution in [3.8, 4) is 5.75 Å². The molecule has 1 aliphatic heterocycles. The van der Waals surface area contributed by atoms with Crippen molar-refractivity contribution in [3.63, 3.8) is 0 Å². The summed E-state index contributed by atoms with van der Waals surface area (Å²) >= 11 is 0. The van der Waals surface area contributed by atoms with E-state index in [1.807, 2.05) is 17.4 Å². The molecule has 7 heteroatoms. The minimum Gasteiger partial charge on any atom is -0.497 e. The van der Waals surface area contributed by atoms with E-state index in [2.05, 4.69) is 17.0 Å². The maximum atomic E-state index is 12.3. The first-order chi connectivity index (χ1) is 12.3. The standard InChI is InChI=1S/C19H25F3N2O2/c1-26-16-4-2-3-15(11-16)12-18(7-8-18)24-9-5-14(6-10-24)13-23-17(25)19(20,21)22/h2-4,11,14H,5-10,12-13H2,1H3,(H,23,25). The Morgan fingerprint density at radius 1 is 1.31 bits per heavy atom. The van der Waals surface area contributed by atoms with Crippen molar-refractivity contribution in [2.24, 2.45) is 5.92 Å². The highest BCUT2D eigenvalue weighted by molar-refractivity contribution is 5.81. The summed E-state index contributed by atoms with van der Waals surface area (Å²) in [4.78, 5) is 13.4. The number of nitrogens with one attached hydrogen (secondary N) is 1. The van der Waals surface area contributed by atoms with Crippen LogP contribution in [0.3, 0.4) is 0 Å². The summed E-state index contributed by atoms with van der Waals surface area (Å²) in [5, 5.41) is 2.02. The molecule has 1 saturated carbocycles. The summed E-state index contributed by atoms with van der Waals surface area (Å²) in [6, 6.07) is 8.12. The number of carbonyl (C=O) groups excluding carboxylic acids is 1. The van der Waals surface area contributed by atoms with Crippen molar-refractivity contribution in [3.05, 3.63) is 29.8 Å². The lowest BCUT2D eigenvalue weighted by atomic mass is 9.93. The highest BCUT2D eigenvalue weighted by Crippen LogP contribution is 2.46. The molecule has 1 N–H and O–H groups in total. The molecule has 1 aliphatic carbocycles. The van der Waals surface area contributed by atoms with Crippen molar-refractivity contribution in [1.29, 1.82) is 0 Å². The van der Waals surface area contributed by atoms with Crippen molar-refractivity contribution in [1.82, 2.24) is 10.2 Å². The summed E-state index contributed by atoms with van der Waals surface area (Å²) in [6.07, 6.45) is 0.116. The molecule has 26 heavy (non-hydrogen) atoms. The van der Waals surface area contributed by atoms with Crippen molar-refractivity contribution < 1.29 is 22.7 Å². The number of halogens is 3. The average molecular weight is 370 g/mol. The number of hydrogen-bond donors (Lipinski definition) is 1. The fourth-order valence-electron chi connectivity index (χ4n) is 3.86. The largest absolute Gasteiger partial charge is 0.497 e. The molecule has 0 bridgehead atoms. The second kappa shape index (κ2) is 7.47. The van der Waals surface area contributed by atoms with Crippen molar-refractivity contribution in [2.75, 3.05) is 26.7 Å². The Hall–Kier alpha value is -1.76. The van der Waals surface area contributed by atoms with Crippen LogP contribution in [0.25, 0.3) is 0 Å². The van der Waals surface area contributed by atoms with Gasteiger partial charge in [0.2, 0.25) is 0 Å². The van der Waals surface area contributed by atoms with Gasteiger partial charge in [-0.05, 0) is 68.8 Å². The molecule has 1 aromatic rings. The van der Waals surface area contributed by atoms with E-state index in [0.717, 1.165) is 50.9 Å². The van der Waals surface area contributed by atoms with E-state index < -0.39 is 12.1 Å². The summed E-state index contributed by atoms with van der Waals surface area (Å²) in [5.74, 6) is -0.862. The van der Waals surface area contributed by atoms with Gasteiger partial charge in [0.1, 0.15) is 5.75 Å². The van der Waals surface area contributed by atoms with E-state index in [4.69, 9.17) is 4.74 Å². The minimum atomic E-state index is -4.80. The van der Waals surface area contributed by atoms with E-state index in [-0.39, 0.29) is 18.0 Å². The lowest BCUT2D eigenvalue weighted by Crippen LogP contribution is -2.47. The fraction of sp³-hybridized carbons (Fsp3) is 0.632. The zero-order valence-electron chi connectivity index (χ0n) is 14.9. The van der Waals surface area contributed by atoms with E-state index in [1.54, 1.807) is 7.11 Å². The molecule has 3 rings (SSSR count). The number of rotatable bonds is 6. The Bertz CT molecular complexity index is 636. The van der Waals surface area contributed by atoms with E-state index in [1.165, 1.54) is 5.56 Å². The van der Waals surface area contributed by atoms with E-state index in [0.29, 0.717) is 0 Å². The number of piperidine rings is 1. The molecule has 1 aromatic carbocycles. The third kappa shape index (κ3) is 4.50. The highest BCUT2D eigenvalue weighted by atomic mass is 19.4. The monoisotopic (exact) mass is 370 g/mol. The molecule has 0 aromatic heterocycles. The maximum absolute atomic E-state index is 12.3. The van der Waals surface area contributed by atoms with Gasteiger partial charge in [-0.15, -0.1) is 0 Å². The van der Waals surface area contributed by atoms with Gasteiger partial charge in [-0.3, -0.25) is 9.69 Å². The minimum absolute atomic E-state index is 0.106. The SMILES string of the molecule is COc1cccc(CC2(N3CCC(CNC(=O)C(F)(F)F)CC3)CC2)c1. The van der Waals surface area contributed by atoms with Crippen LogP contribution in [-0.4, -0.2) is 49.3 Å². The molecule has 144 valence electrons. The molecular weight excluding hydrogens is 345 g/mol. The first-order valence-electron chi connectivity index (χ1n) is 9.05. The Kier molecular flexibility index (Phi) is 5.46. The second-order valence-electron chi connectivity index (χ2n) is 7.39. The predicted molar refractivity (Wildman–Crippen MR) is 92.0 cm³/mol. The van der Waals surface area contributed by atoms with Crippen LogP contribution in [0.15, 0.2) is 24.3 Å². The lowest BCUT2D eigenvalue weighted by Gasteiger charge is -2.38. The van der Waals surface area contributed by atoms with Crippen LogP contribution in [-0.2, 0) is 11.2 Å². The number of carbonyl (C=O) groups is 1. The number of alkyl halides is 3. The molecule has 0 unspecified atom stereocenters. The summed E-state index contributed by atoms with van der Waals surface area (Å²) in [5.41, 5.74) is 1.44. The fourth-order valence-corrected chi connectivity index (χ4v) is 3.86. The maximum Gasteiger partial charge on any atom is 0.471 e. The molecule has 0 radical (unpaired) electrons. The molecular formula is C19H25F3N2O2. The Labute approximate surface area is 151 Å². The lowest BCUT2D eigenvalue weighted by molar-refractivity contribution is -0.173. The molecule has 1 amide bonds. The third-order valence-corrected chi connectivity index (χ3v) is 5.59. The van der Waals surface area contributed by atoms with E-state index >= 15 is 0 Å². The number of likely N-dealkylation sites (tertiary alicyclic amines) is 1. The van der Waals surface area contributed by atoms with Crippen LogP contribution in [0, 0.1) is 5.92 Å². The summed E-state index contributed by atoms with van der Waals surface area (Å²) in [6.45, 7) is 1.85. The van der Waals surface area contributed by atoms with Gasteiger partial charge in [-0.1, -0.05) is 12.1 Å². The smallest absolute Gasteiger partial charge is 0.471 e. The van der Waals surface area contributed by atoms with Crippen LogP contribution in [0.2, 0.25) is 0 Å². The second-order valence-corrected chi connectivity index (χ2v) is 7.39. The van der Waals surface area contributed by atoms with Gasteiger partial charge in [0.15, 0.2) is 0 Å². The summed E-state index contributed by atoms with van der Waals surface area (Å²) in [7, 11) is 1.66. The first kappa shape index (κ1) is 19.0. The zero-order chi connectivity index (χ0) is 18.8. The first-order valence-corrected chi connectivity index (χ1v) is 9.05. The molecule has 0 atom stereocenters. The molecule has 1 heterocycles. The molecule has 2 aliphatic rings. The van der Waals surface area contributed by atoms with Gasteiger partial charge in [0.25, 0.3) is 0 Å². The van der Waals surface area contributed by atoms with Crippen LogP contribution in [0.4, 0.5) is 13.2 Å². The van der Waals surface area contributed by atoms with Crippen LogP contribution in [0.5, 0.6) is 5.75 Å². The van der Waals surface area contributed by atoms with Crippen molar-refractivity contribution >= 4 is 5.91 Å². The zero-order valence-corrected chi connectivity index (χ0v) is 14.9. The molecule has 4 nitrogen and oxygen atoms in total. The van der Waals surface area contributed by atoms with Gasteiger partial charge in [-0.25, -0.2) is 0 Å². The highest BCUT2D eigenvalue weighted by Gasteiger charge is 2.48. The third-order valence-electron chi connectivity index (χ3n) is 5.59. The van der Waals surface area contributed by atoms with Gasteiger partial charge < -0.3 is 10.1 Å². The van der Waals surface area contributed by atoms with Gasteiger partial charge in [0, 0.05) is 12.1 Å². The Morgan fingerprint density at radius 2 is 2.00 bits per heavy atom. The normalized spacial score (nSPS) is 20.6. The van der Waals surface area contributed by atoms with Gasteiger partial charge >= 0.3 is 12.1 Å². The molecule has 0 spiro atoms. The number of hydrogen-bond acceptors (Lipinski definition) is 3. The Balaban J connectivity index is 1.49. The predicted octanol–water partition coefficient (Wildman–Crippen LogP) is 3.16. The van der Waals surface area contributed by atoms with Crippen molar-refractivity contribution in [2.45, 2.75) is 43.8 Å². The number of benzene rings is 1. The van der Waals surface area contributed by atoms with Crippen LogP contribution >= 0.6 is 0 Å². The topological polar surface area (TPSA) is 41.6 Å². The van der Waals surface area contributed by atoms with Gasteiger partial charge in [-0.2, -0.15) is 13.2 Å². The van der Waals surface area contributed by atoms with Crippen LogP contribution < -0.4 is 10.1 Å². The Morgan fingerprint density at radius 3 is 2.58 bits per heavy atom. The molecule has 2 fully saturated rings. The quantitative estimate of drug-likeness (QED) is 0.836. The summed E-state index contributed by atoms with van der Waals surface area (Å²) < 4.78 is 42.1. The average Bonchev–Trinajstić information content (AvgIpc) is 3.40.